The average molecular weight is 425 g/mol. The maximum Gasteiger partial charge on any atom is 0.262 e. The molecule has 0 fully saturated rings. The van der Waals surface area contributed by atoms with E-state index in [9.17, 15) is 13.2 Å². The van der Waals surface area contributed by atoms with Crippen molar-refractivity contribution in [2.24, 2.45) is 5.41 Å². The molecule has 0 bridgehead atoms. The van der Waals surface area contributed by atoms with Gasteiger partial charge in [0, 0.05) is 18.0 Å². The predicted molar refractivity (Wildman–Crippen MR) is 119 cm³/mol. The molecule has 1 aliphatic rings. The van der Waals surface area contributed by atoms with Crippen LogP contribution in [0.4, 0.5) is 11.4 Å². The first-order valence-corrected chi connectivity index (χ1v) is 11.3. The van der Waals surface area contributed by atoms with Crippen molar-refractivity contribution in [2.75, 3.05) is 22.8 Å². The second kappa shape index (κ2) is 7.32. The van der Waals surface area contributed by atoms with Crippen LogP contribution in [0.2, 0.25) is 0 Å². The summed E-state index contributed by atoms with van der Waals surface area (Å²) in [6.45, 7) is 6.30. The lowest BCUT2D eigenvalue weighted by Gasteiger charge is -2.26. The van der Waals surface area contributed by atoms with Crippen LogP contribution in [0.25, 0.3) is 10.8 Å². The largest absolute Gasteiger partial charge is 0.490 e. The van der Waals surface area contributed by atoms with Gasteiger partial charge >= 0.3 is 0 Å². The minimum Gasteiger partial charge on any atom is -0.490 e. The summed E-state index contributed by atoms with van der Waals surface area (Å²) in [4.78, 5) is 14.7. The van der Waals surface area contributed by atoms with Crippen molar-refractivity contribution in [3.63, 3.8) is 0 Å². The summed E-state index contributed by atoms with van der Waals surface area (Å²) in [5.41, 5.74) is 0.351. The first-order chi connectivity index (χ1) is 14.2. The van der Waals surface area contributed by atoms with Crippen molar-refractivity contribution in [2.45, 2.75) is 25.7 Å². The number of hydrogen-bond acceptors (Lipinski definition) is 4. The molecule has 1 aliphatic heterocycles. The number of sulfonamides is 1. The highest BCUT2D eigenvalue weighted by atomic mass is 32.2. The zero-order chi connectivity index (χ0) is 21.5. The van der Waals surface area contributed by atoms with Gasteiger partial charge in [0.05, 0.1) is 21.7 Å². The number of hydrogen-bond donors (Lipinski definition) is 1. The molecule has 1 heterocycles. The first-order valence-electron chi connectivity index (χ1n) is 9.82. The second-order valence-electron chi connectivity index (χ2n) is 7.99. The quantitative estimate of drug-likeness (QED) is 0.673. The molecule has 0 unspecified atom stereocenters. The number of fused-ring (bicyclic) bond motifs is 2. The van der Waals surface area contributed by atoms with E-state index in [4.69, 9.17) is 4.74 Å². The molecule has 1 N–H and O–H groups in total. The number of nitrogens with one attached hydrogen (secondary N) is 1. The summed E-state index contributed by atoms with van der Waals surface area (Å²) in [6.07, 6.45) is 0. The van der Waals surface area contributed by atoms with Crippen LogP contribution < -0.4 is 14.4 Å². The zero-order valence-corrected chi connectivity index (χ0v) is 18.0. The molecule has 0 atom stereocenters. The van der Waals surface area contributed by atoms with Crippen LogP contribution >= 0.6 is 0 Å². The van der Waals surface area contributed by atoms with E-state index in [1.807, 2.05) is 45.0 Å². The highest BCUT2D eigenvalue weighted by Gasteiger charge is 2.37. The van der Waals surface area contributed by atoms with Crippen molar-refractivity contribution < 1.29 is 17.9 Å². The number of nitrogens with zero attached hydrogens (tertiary/aromatic N) is 1. The topological polar surface area (TPSA) is 75.7 Å². The smallest absolute Gasteiger partial charge is 0.262 e. The van der Waals surface area contributed by atoms with Crippen molar-refractivity contribution in [3.05, 3.63) is 60.7 Å². The van der Waals surface area contributed by atoms with Crippen LogP contribution in [0.3, 0.4) is 0 Å². The van der Waals surface area contributed by atoms with E-state index in [1.165, 1.54) is 0 Å². The van der Waals surface area contributed by atoms with E-state index in [0.717, 1.165) is 5.39 Å². The minimum absolute atomic E-state index is 0.0205. The van der Waals surface area contributed by atoms with Gasteiger partial charge in [0.25, 0.3) is 10.0 Å². The van der Waals surface area contributed by atoms with Gasteiger partial charge in [-0.2, -0.15) is 0 Å². The predicted octanol–water partition coefficient (Wildman–Crippen LogP) is 4.41. The third kappa shape index (κ3) is 3.50. The molecule has 7 heteroatoms. The number of rotatable bonds is 4. The summed E-state index contributed by atoms with van der Waals surface area (Å²) in [7, 11) is -3.81. The fraction of sp³-hybridized carbons (Fsp3) is 0.261. The number of carbonyl (C=O) groups excluding carboxylic acids is 1. The van der Waals surface area contributed by atoms with Gasteiger partial charge in [-0.25, -0.2) is 8.42 Å². The van der Waals surface area contributed by atoms with Crippen LogP contribution in [-0.4, -0.2) is 27.5 Å². The fourth-order valence-electron chi connectivity index (χ4n) is 3.66. The highest BCUT2D eigenvalue weighted by molar-refractivity contribution is 7.93. The minimum atomic E-state index is -3.81. The van der Waals surface area contributed by atoms with Gasteiger partial charge in [-0.15, -0.1) is 0 Å². The monoisotopic (exact) mass is 424 g/mol. The summed E-state index contributed by atoms with van der Waals surface area (Å²) >= 11 is 0. The normalized spacial score (nSPS) is 16.0. The number of benzene rings is 3. The van der Waals surface area contributed by atoms with Crippen molar-refractivity contribution >= 4 is 38.1 Å². The molecule has 156 valence electrons. The Hall–Kier alpha value is -3.06. The van der Waals surface area contributed by atoms with E-state index in [1.54, 1.807) is 41.3 Å². The molecule has 0 aromatic heterocycles. The van der Waals surface area contributed by atoms with E-state index >= 15 is 0 Å². The molecule has 3 aromatic carbocycles. The van der Waals surface area contributed by atoms with E-state index < -0.39 is 15.4 Å². The van der Waals surface area contributed by atoms with Gasteiger partial charge in [0.2, 0.25) is 5.91 Å². The zero-order valence-electron chi connectivity index (χ0n) is 17.2. The Kier molecular flexibility index (Phi) is 4.94. The number of ether oxygens (including phenoxy) is 1. The second-order valence-corrected chi connectivity index (χ2v) is 9.64. The van der Waals surface area contributed by atoms with Crippen LogP contribution in [0.15, 0.2) is 65.6 Å². The van der Waals surface area contributed by atoms with Gasteiger partial charge in [-0.3, -0.25) is 9.52 Å². The Labute approximate surface area is 176 Å². The molecule has 4 rings (SSSR count). The molecule has 30 heavy (non-hydrogen) atoms. The third-order valence-corrected chi connectivity index (χ3v) is 6.71. The first kappa shape index (κ1) is 20.2. The maximum absolute atomic E-state index is 13.1. The lowest BCUT2D eigenvalue weighted by Crippen LogP contribution is -2.42. The molecule has 3 aromatic rings. The summed E-state index contributed by atoms with van der Waals surface area (Å²) in [6, 6.07) is 17.6. The highest BCUT2D eigenvalue weighted by Crippen LogP contribution is 2.38. The van der Waals surface area contributed by atoms with Gasteiger partial charge < -0.3 is 9.64 Å². The van der Waals surface area contributed by atoms with Crippen molar-refractivity contribution in [1.29, 1.82) is 0 Å². The maximum atomic E-state index is 13.1. The Morgan fingerprint density at radius 1 is 1.07 bits per heavy atom. The number of carbonyl (C=O) groups is 1. The van der Waals surface area contributed by atoms with E-state index in [0.29, 0.717) is 29.1 Å². The lowest BCUT2D eigenvalue weighted by atomic mass is 9.93. The van der Waals surface area contributed by atoms with Crippen LogP contribution in [0.1, 0.15) is 20.8 Å². The Morgan fingerprint density at radius 3 is 2.57 bits per heavy atom. The molecule has 0 radical (unpaired) electrons. The molecule has 0 saturated heterocycles. The molecule has 1 amide bonds. The van der Waals surface area contributed by atoms with Gasteiger partial charge in [0.15, 0.2) is 0 Å². The average Bonchev–Trinajstić information content (AvgIpc) is 2.81. The Balaban J connectivity index is 1.71. The van der Waals surface area contributed by atoms with E-state index in [2.05, 4.69) is 4.72 Å². The molecular formula is C23H24N2O4S. The third-order valence-electron chi connectivity index (χ3n) is 5.27. The Morgan fingerprint density at radius 2 is 1.80 bits per heavy atom. The summed E-state index contributed by atoms with van der Waals surface area (Å²) in [5, 5.41) is 1.51. The summed E-state index contributed by atoms with van der Waals surface area (Å²) in [5.74, 6) is 0.460. The lowest BCUT2D eigenvalue weighted by molar-refractivity contribution is -0.127. The summed E-state index contributed by atoms with van der Waals surface area (Å²) < 4.78 is 34.8. The molecular weight excluding hydrogens is 400 g/mol. The van der Waals surface area contributed by atoms with Gasteiger partial charge in [-0.05, 0) is 44.4 Å². The van der Waals surface area contributed by atoms with Crippen molar-refractivity contribution in [3.8, 4) is 5.75 Å². The SMILES string of the molecule is CCN1C(=O)C(C)(C)COc2cc(NS(=O)(=O)c3cccc4ccccc34)ccc21. The van der Waals surface area contributed by atoms with Crippen LogP contribution in [-0.2, 0) is 14.8 Å². The molecule has 0 spiro atoms. The van der Waals surface area contributed by atoms with Crippen LogP contribution in [0, 0.1) is 5.41 Å². The fourth-order valence-corrected chi connectivity index (χ4v) is 4.95. The number of anilines is 2. The number of amides is 1. The molecule has 6 nitrogen and oxygen atoms in total. The van der Waals surface area contributed by atoms with Gasteiger partial charge in [0.1, 0.15) is 12.4 Å². The van der Waals surface area contributed by atoms with E-state index in [-0.39, 0.29) is 17.4 Å². The standard InChI is InChI=1S/C23H24N2O4S/c1-4-25-19-13-12-17(14-20(19)29-15-23(2,3)22(25)26)24-30(27,28)21-11-7-9-16-8-5-6-10-18(16)21/h5-14,24H,4,15H2,1-3H3. The Bertz CT molecular complexity index is 1230. The van der Waals surface area contributed by atoms with Crippen molar-refractivity contribution in [1.82, 2.24) is 0 Å². The molecule has 0 saturated carbocycles. The van der Waals surface area contributed by atoms with Crippen LogP contribution in [0.5, 0.6) is 5.75 Å². The van der Waals surface area contributed by atoms with Gasteiger partial charge in [-0.1, -0.05) is 36.4 Å². The molecule has 0 aliphatic carbocycles.